The van der Waals surface area contributed by atoms with Crippen LogP contribution in [0.4, 0.5) is 0 Å². The van der Waals surface area contributed by atoms with Gasteiger partial charge in [0.1, 0.15) is 12.3 Å². The Morgan fingerprint density at radius 1 is 1.26 bits per heavy atom. The molecule has 9 heteroatoms. The van der Waals surface area contributed by atoms with Crippen LogP contribution in [0.2, 0.25) is 0 Å². The lowest BCUT2D eigenvalue weighted by atomic mass is 10.0. The molecule has 186 valence electrons. The van der Waals surface area contributed by atoms with E-state index in [0.717, 1.165) is 16.5 Å². The second-order valence-electron chi connectivity index (χ2n) is 9.35. The number of fused-ring (bicyclic) bond motifs is 1. The lowest BCUT2D eigenvalue weighted by Gasteiger charge is -2.36. The third kappa shape index (κ3) is 6.04. The molecule has 0 saturated carbocycles. The van der Waals surface area contributed by atoms with Crippen LogP contribution in [-0.2, 0) is 13.8 Å². The highest BCUT2D eigenvalue weighted by atomic mass is 31.2. The fourth-order valence-electron chi connectivity index (χ4n) is 4.49. The van der Waals surface area contributed by atoms with Crippen LogP contribution < -0.4 is 5.56 Å². The highest BCUT2D eigenvalue weighted by Gasteiger charge is 2.37. The molecule has 2 aromatic rings. The molecule has 1 N–H and O–H groups in total. The second kappa shape index (κ2) is 11.7. The van der Waals surface area contributed by atoms with Crippen molar-refractivity contribution in [2.75, 3.05) is 13.2 Å². The van der Waals surface area contributed by atoms with Gasteiger partial charge in [0.15, 0.2) is 0 Å². The Morgan fingerprint density at radius 2 is 1.97 bits per heavy atom. The van der Waals surface area contributed by atoms with Crippen LogP contribution in [0.25, 0.3) is 10.8 Å². The molecule has 2 unspecified atom stereocenters. The number of aliphatic hydroxyl groups is 1. The number of aromatic nitrogens is 1. The van der Waals surface area contributed by atoms with Crippen molar-refractivity contribution in [1.82, 2.24) is 9.24 Å². The maximum atomic E-state index is 13.2. The maximum Gasteiger partial charge on any atom is 0.260 e. The van der Waals surface area contributed by atoms with Gasteiger partial charge in [0, 0.05) is 24.7 Å². The minimum Gasteiger partial charge on any atom is -0.390 e. The molecule has 0 bridgehead atoms. The number of ether oxygens (including phenoxy) is 1. The molecule has 1 aromatic carbocycles. The molecule has 1 aliphatic rings. The van der Waals surface area contributed by atoms with E-state index < -0.39 is 27.0 Å². The summed E-state index contributed by atoms with van der Waals surface area (Å²) in [7, 11) is -1.43. The van der Waals surface area contributed by atoms with Crippen LogP contribution in [0, 0.1) is 25.2 Å². The average Bonchev–Trinajstić information content (AvgIpc) is 3.11. The summed E-state index contributed by atoms with van der Waals surface area (Å²) >= 11 is 0. The molecule has 0 aliphatic carbocycles. The molecule has 0 amide bonds. The SMILES string of the molecule is Cc1cc(C)c2c(=O)n([C@H]3CC(O)[C@@H](COP(OCCC#N)N(C(C)C)C(C)C)O3)ccc2c1. The van der Waals surface area contributed by atoms with E-state index in [9.17, 15) is 9.90 Å². The van der Waals surface area contributed by atoms with Crippen molar-refractivity contribution in [2.24, 2.45) is 0 Å². The summed E-state index contributed by atoms with van der Waals surface area (Å²) < 4.78 is 21.8. The number of aryl methyl sites for hydroxylation is 2. The minimum atomic E-state index is -1.43. The number of pyridine rings is 1. The van der Waals surface area contributed by atoms with Gasteiger partial charge < -0.3 is 18.9 Å². The van der Waals surface area contributed by atoms with E-state index in [2.05, 4.69) is 38.4 Å². The summed E-state index contributed by atoms with van der Waals surface area (Å²) in [6.45, 7) is 12.6. The molecular weight excluding hydrogens is 453 g/mol. The number of aliphatic hydroxyl groups excluding tert-OH is 1. The summed E-state index contributed by atoms with van der Waals surface area (Å²) in [5.41, 5.74) is 1.91. The maximum absolute atomic E-state index is 13.2. The minimum absolute atomic E-state index is 0.123. The van der Waals surface area contributed by atoms with Gasteiger partial charge in [0.05, 0.1) is 37.2 Å². The number of rotatable bonds is 10. The van der Waals surface area contributed by atoms with Crippen molar-refractivity contribution in [2.45, 2.75) is 84.9 Å². The highest BCUT2D eigenvalue weighted by molar-refractivity contribution is 7.44. The van der Waals surface area contributed by atoms with Crippen LogP contribution in [0.15, 0.2) is 29.2 Å². The highest BCUT2D eigenvalue weighted by Crippen LogP contribution is 2.46. The van der Waals surface area contributed by atoms with Gasteiger partial charge in [-0.3, -0.25) is 9.36 Å². The predicted molar refractivity (Wildman–Crippen MR) is 133 cm³/mol. The quantitative estimate of drug-likeness (QED) is 0.386. The van der Waals surface area contributed by atoms with Crippen molar-refractivity contribution in [1.29, 1.82) is 5.26 Å². The zero-order valence-electron chi connectivity index (χ0n) is 20.9. The van der Waals surface area contributed by atoms with E-state index in [1.165, 1.54) is 0 Å². The fourth-order valence-corrected chi connectivity index (χ4v) is 6.11. The molecule has 1 aliphatic heterocycles. The first-order valence-corrected chi connectivity index (χ1v) is 12.9. The van der Waals surface area contributed by atoms with Crippen molar-refractivity contribution in [3.8, 4) is 6.07 Å². The average molecular weight is 490 g/mol. The topological polar surface area (TPSA) is 97.0 Å². The van der Waals surface area contributed by atoms with E-state index in [1.54, 1.807) is 10.8 Å². The number of benzene rings is 1. The molecule has 1 fully saturated rings. The first kappa shape index (κ1) is 26.7. The standard InChI is InChI=1S/C25H36N3O5P/c1-16(2)28(17(3)4)34(31-11-7-9-26)32-15-22-21(29)14-23(33-22)27-10-8-20-13-18(5)12-19(6)24(20)25(27)30/h8,10,12-13,16-17,21-23,29H,7,11,14-15H2,1-6H3/t21?,22-,23-,34?/m1/s1. The van der Waals surface area contributed by atoms with E-state index in [-0.39, 0.29) is 37.3 Å². The summed E-state index contributed by atoms with van der Waals surface area (Å²) in [5.74, 6) is 0. The Kier molecular flexibility index (Phi) is 9.22. The second-order valence-corrected chi connectivity index (χ2v) is 10.8. The van der Waals surface area contributed by atoms with E-state index in [0.29, 0.717) is 11.8 Å². The molecule has 3 rings (SSSR count). The Labute approximate surface area is 203 Å². The first-order chi connectivity index (χ1) is 16.1. The first-order valence-electron chi connectivity index (χ1n) is 11.8. The zero-order chi connectivity index (χ0) is 25.0. The van der Waals surface area contributed by atoms with Gasteiger partial charge in [0.2, 0.25) is 0 Å². The van der Waals surface area contributed by atoms with Crippen molar-refractivity contribution in [3.63, 3.8) is 0 Å². The van der Waals surface area contributed by atoms with Gasteiger partial charge in [-0.15, -0.1) is 0 Å². The van der Waals surface area contributed by atoms with Crippen LogP contribution in [-0.4, -0.2) is 51.8 Å². The Hall–Kier alpha value is -1.85. The Morgan fingerprint density at radius 3 is 2.62 bits per heavy atom. The largest absolute Gasteiger partial charge is 0.390 e. The summed E-state index contributed by atoms with van der Waals surface area (Å²) in [4.78, 5) is 13.2. The van der Waals surface area contributed by atoms with E-state index >= 15 is 0 Å². The predicted octanol–water partition coefficient (Wildman–Crippen LogP) is 4.56. The lowest BCUT2D eigenvalue weighted by Crippen LogP contribution is -2.35. The van der Waals surface area contributed by atoms with Crippen LogP contribution >= 0.6 is 8.53 Å². The Balaban J connectivity index is 1.74. The number of hydrogen-bond donors (Lipinski definition) is 1. The van der Waals surface area contributed by atoms with Crippen molar-refractivity contribution >= 4 is 19.3 Å². The molecule has 1 saturated heterocycles. The fraction of sp³-hybridized carbons (Fsp3) is 0.600. The molecule has 0 radical (unpaired) electrons. The number of nitriles is 1. The molecular formula is C25H36N3O5P. The van der Waals surface area contributed by atoms with Crippen LogP contribution in [0.5, 0.6) is 0 Å². The van der Waals surface area contributed by atoms with Gasteiger partial charge in [-0.25, -0.2) is 4.67 Å². The van der Waals surface area contributed by atoms with Crippen molar-refractivity contribution < 1.29 is 18.9 Å². The number of nitrogens with zero attached hydrogens (tertiary/aromatic N) is 3. The lowest BCUT2D eigenvalue weighted by molar-refractivity contribution is -0.0427. The molecule has 34 heavy (non-hydrogen) atoms. The third-order valence-electron chi connectivity index (χ3n) is 5.90. The summed E-state index contributed by atoms with van der Waals surface area (Å²) in [6, 6.07) is 8.36. The summed E-state index contributed by atoms with van der Waals surface area (Å²) in [6.07, 6.45) is 0.391. The monoisotopic (exact) mass is 489 g/mol. The van der Waals surface area contributed by atoms with Crippen LogP contribution in [0.3, 0.4) is 0 Å². The van der Waals surface area contributed by atoms with E-state index in [4.69, 9.17) is 19.0 Å². The number of hydrogen-bond acceptors (Lipinski definition) is 7. The molecule has 4 atom stereocenters. The van der Waals surface area contributed by atoms with Crippen molar-refractivity contribution in [3.05, 3.63) is 45.9 Å². The van der Waals surface area contributed by atoms with Gasteiger partial charge in [-0.1, -0.05) is 17.7 Å². The molecule has 2 heterocycles. The van der Waals surface area contributed by atoms with Gasteiger partial charge in [0.25, 0.3) is 14.1 Å². The Bertz CT molecular complexity index is 1070. The third-order valence-corrected chi connectivity index (χ3v) is 7.97. The molecule has 0 spiro atoms. The van der Waals surface area contributed by atoms with Crippen LogP contribution in [0.1, 0.15) is 57.9 Å². The summed E-state index contributed by atoms with van der Waals surface area (Å²) in [5, 5.41) is 21.1. The molecule has 1 aromatic heterocycles. The van der Waals surface area contributed by atoms with Gasteiger partial charge >= 0.3 is 0 Å². The van der Waals surface area contributed by atoms with Gasteiger partial charge in [-0.05, 0) is 58.6 Å². The normalized spacial score (nSPS) is 21.6. The van der Waals surface area contributed by atoms with Gasteiger partial charge in [-0.2, -0.15) is 5.26 Å². The van der Waals surface area contributed by atoms with E-state index in [1.807, 2.05) is 32.0 Å². The smallest absolute Gasteiger partial charge is 0.260 e. The zero-order valence-corrected chi connectivity index (χ0v) is 21.8. The molecule has 8 nitrogen and oxygen atoms in total.